The molecule has 0 radical (unpaired) electrons. The molecule has 0 unspecified atom stereocenters. The SMILES string of the molecule is CCCCOCCOCCN=C(NCC)NC1CCN(Cc2ccccn2)CC1. The molecule has 0 amide bonds. The zero-order chi connectivity index (χ0) is 20.6. The van der Waals surface area contributed by atoms with Crippen molar-refractivity contribution in [3.8, 4) is 0 Å². The van der Waals surface area contributed by atoms with Crippen LogP contribution in [-0.4, -0.2) is 74.5 Å². The molecule has 1 aromatic rings. The van der Waals surface area contributed by atoms with Gasteiger partial charge in [-0.2, -0.15) is 0 Å². The maximum Gasteiger partial charge on any atom is 0.191 e. The van der Waals surface area contributed by atoms with Gasteiger partial charge in [0.2, 0.25) is 0 Å². The number of nitrogens with zero attached hydrogens (tertiary/aromatic N) is 3. The van der Waals surface area contributed by atoms with Crippen molar-refractivity contribution in [3.63, 3.8) is 0 Å². The topological polar surface area (TPSA) is 71.0 Å². The molecule has 0 atom stereocenters. The molecule has 2 rings (SSSR count). The van der Waals surface area contributed by atoms with Gasteiger partial charge in [-0.25, -0.2) is 0 Å². The maximum absolute atomic E-state index is 5.60. The van der Waals surface area contributed by atoms with E-state index in [4.69, 9.17) is 9.47 Å². The minimum atomic E-state index is 0.459. The van der Waals surface area contributed by atoms with Crippen molar-refractivity contribution < 1.29 is 9.47 Å². The number of aromatic nitrogens is 1. The minimum Gasteiger partial charge on any atom is -0.379 e. The summed E-state index contributed by atoms with van der Waals surface area (Å²) in [5, 5.41) is 6.92. The lowest BCUT2D eigenvalue weighted by molar-refractivity contribution is 0.0497. The van der Waals surface area contributed by atoms with E-state index in [0.717, 1.165) is 63.7 Å². The van der Waals surface area contributed by atoms with E-state index in [2.05, 4.69) is 51.5 Å². The highest BCUT2D eigenvalue weighted by molar-refractivity contribution is 5.80. The second-order valence-corrected chi connectivity index (χ2v) is 7.35. The third-order valence-corrected chi connectivity index (χ3v) is 4.90. The van der Waals surface area contributed by atoms with Crippen LogP contribution in [0.25, 0.3) is 0 Å². The Balaban J connectivity index is 1.61. The summed E-state index contributed by atoms with van der Waals surface area (Å²) in [4.78, 5) is 11.6. The molecule has 29 heavy (non-hydrogen) atoms. The van der Waals surface area contributed by atoms with Gasteiger partial charge in [0.05, 0.1) is 32.1 Å². The number of guanidine groups is 1. The number of ether oxygens (including phenoxy) is 2. The first-order chi connectivity index (χ1) is 14.3. The monoisotopic (exact) mass is 405 g/mol. The molecule has 0 aliphatic carbocycles. The summed E-state index contributed by atoms with van der Waals surface area (Å²) in [6.45, 7) is 11.6. The molecule has 0 bridgehead atoms. The van der Waals surface area contributed by atoms with E-state index in [0.29, 0.717) is 32.4 Å². The van der Waals surface area contributed by atoms with Gasteiger partial charge in [-0.05, 0) is 38.3 Å². The van der Waals surface area contributed by atoms with Gasteiger partial charge in [0.1, 0.15) is 0 Å². The number of aliphatic imine (C=N–C) groups is 1. The van der Waals surface area contributed by atoms with E-state index < -0.39 is 0 Å². The first kappa shape index (κ1) is 23.6. The Labute approximate surface area is 176 Å². The minimum absolute atomic E-state index is 0.459. The summed E-state index contributed by atoms with van der Waals surface area (Å²) in [5.41, 5.74) is 1.14. The fraction of sp³-hybridized carbons (Fsp3) is 0.727. The average molecular weight is 406 g/mol. The number of likely N-dealkylation sites (tertiary alicyclic amines) is 1. The first-order valence-electron chi connectivity index (χ1n) is 11.1. The Morgan fingerprint density at radius 2 is 1.93 bits per heavy atom. The van der Waals surface area contributed by atoms with E-state index in [1.54, 1.807) is 0 Å². The van der Waals surface area contributed by atoms with Crippen LogP contribution in [0.1, 0.15) is 45.2 Å². The molecule has 7 nitrogen and oxygen atoms in total. The molecule has 1 aliphatic heterocycles. The van der Waals surface area contributed by atoms with E-state index in [1.165, 1.54) is 6.42 Å². The van der Waals surface area contributed by atoms with Crippen molar-refractivity contribution >= 4 is 5.96 Å². The number of piperidine rings is 1. The molecular weight excluding hydrogens is 366 g/mol. The van der Waals surface area contributed by atoms with Crippen LogP contribution in [-0.2, 0) is 16.0 Å². The molecular formula is C22H39N5O2. The van der Waals surface area contributed by atoms with Crippen molar-refractivity contribution in [3.05, 3.63) is 30.1 Å². The van der Waals surface area contributed by atoms with Crippen molar-refractivity contribution in [2.45, 2.75) is 52.1 Å². The van der Waals surface area contributed by atoms with Crippen LogP contribution in [0.15, 0.2) is 29.4 Å². The van der Waals surface area contributed by atoms with Gasteiger partial charge in [0.25, 0.3) is 0 Å². The van der Waals surface area contributed by atoms with Gasteiger partial charge < -0.3 is 20.1 Å². The molecule has 0 spiro atoms. The Morgan fingerprint density at radius 1 is 1.14 bits per heavy atom. The van der Waals surface area contributed by atoms with Gasteiger partial charge in [-0.1, -0.05) is 19.4 Å². The summed E-state index contributed by atoms with van der Waals surface area (Å²) in [6.07, 6.45) is 6.38. The van der Waals surface area contributed by atoms with Crippen molar-refractivity contribution in [2.75, 3.05) is 52.6 Å². The van der Waals surface area contributed by atoms with Crippen LogP contribution < -0.4 is 10.6 Å². The molecule has 2 N–H and O–H groups in total. The zero-order valence-corrected chi connectivity index (χ0v) is 18.2. The standard InChI is InChI=1S/C22H39N5O2/c1-3-5-15-28-17-18-29-16-12-25-22(23-4-2)26-20-9-13-27(14-10-20)19-21-8-6-7-11-24-21/h6-8,11,20H,3-5,9-10,12-19H2,1-2H3,(H2,23,25,26). The van der Waals surface area contributed by atoms with Crippen LogP contribution in [0, 0.1) is 0 Å². The second-order valence-electron chi connectivity index (χ2n) is 7.35. The first-order valence-corrected chi connectivity index (χ1v) is 11.1. The number of unbranched alkanes of at least 4 members (excludes halogenated alkanes) is 1. The van der Waals surface area contributed by atoms with E-state index in [1.807, 2.05) is 12.3 Å². The fourth-order valence-electron chi connectivity index (χ4n) is 3.26. The molecule has 1 fully saturated rings. The summed E-state index contributed by atoms with van der Waals surface area (Å²) < 4.78 is 11.1. The highest BCUT2D eigenvalue weighted by Crippen LogP contribution is 2.12. The molecule has 7 heteroatoms. The molecule has 2 heterocycles. The zero-order valence-electron chi connectivity index (χ0n) is 18.2. The average Bonchev–Trinajstić information content (AvgIpc) is 2.75. The number of nitrogens with one attached hydrogen (secondary N) is 2. The van der Waals surface area contributed by atoms with Gasteiger partial charge in [0.15, 0.2) is 5.96 Å². The lowest BCUT2D eigenvalue weighted by Gasteiger charge is -2.32. The Bertz CT molecular complexity index is 547. The van der Waals surface area contributed by atoms with E-state index in [9.17, 15) is 0 Å². The molecule has 0 aromatic carbocycles. The number of pyridine rings is 1. The molecule has 1 saturated heterocycles. The van der Waals surface area contributed by atoms with Crippen LogP contribution in [0.5, 0.6) is 0 Å². The van der Waals surface area contributed by atoms with Crippen LogP contribution in [0.2, 0.25) is 0 Å². The summed E-state index contributed by atoms with van der Waals surface area (Å²) in [6, 6.07) is 6.58. The Hall–Kier alpha value is -1.70. The highest BCUT2D eigenvalue weighted by Gasteiger charge is 2.20. The predicted octanol–water partition coefficient (Wildman–Crippen LogP) is 2.43. The largest absolute Gasteiger partial charge is 0.379 e. The van der Waals surface area contributed by atoms with Gasteiger partial charge in [0, 0.05) is 45.0 Å². The van der Waals surface area contributed by atoms with E-state index in [-0.39, 0.29) is 0 Å². The second kappa shape index (κ2) is 15.2. The third-order valence-electron chi connectivity index (χ3n) is 4.90. The molecule has 164 valence electrons. The van der Waals surface area contributed by atoms with Gasteiger partial charge in [-0.15, -0.1) is 0 Å². The Morgan fingerprint density at radius 3 is 2.62 bits per heavy atom. The summed E-state index contributed by atoms with van der Waals surface area (Å²) in [5.74, 6) is 0.887. The third kappa shape index (κ3) is 10.6. The molecule has 1 aromatic heterocycles. The number of hydrogen-bond donors (Lipinski definition) is 2. The van der Waals surface area contributed by atoms with Gasteiger partial charge >= 0.3 is 0 Å². The smallest absolute Gasteiger partial charge is 0.191 e. The molecule has 1 aliphatic rings. The van der Waals surface area contributed by atoms with Crippen molar-refractivity contribution in [1.82, 2.24) is 20.5 Å². The van der Waals surface area contributed by atoms with Crippen LogP contribution in [0.3, 0.4) is 0 Å². The van der Waals surface area contributed by atoms with E-state index >= 15 is 0 Å². The van der Waals surface area contributed by atoms with Gasteiger partial charge in [-0.3, -0.25) is 14.9 Å². The van der Waals surface area contributed by atoms with Crippen LogP contribution in [0.4, 0.5) is 0 Å². The quantitative estimate of drug-likeness (QED) is 0.298. The highest BCUT2D eigenvalue weighted by atomic mass is 16.5. The fourth-order valence-corrected chi connectivity index (χ4v) is 3.26. The summed E-state index contributed by atoms with van der Waals surface area (Å²) >= 11 is 0. The lowest BCUT2D eigenvalue weighted by Crippen LogP contribution is -2.48. The Kier molecular flexibility index (Phi) is 12.3. The normalized spacial score (nSPS) is 16.1. The van der Waals surface area contributed by atoms with Crippen molar-refractivity contribution in [2.24, 2.45) is 4.99 Å². The maximum atomic E-state index is 5.60. The van der Waals surface area contributed by atoms with Crippen molar-refractivity contribution in [1.29, 1.82) is 0 Å². The number of hydrogen-bond acceptors (Lipinski definition) is 5. The predicted molar refractivity (Wildman–Crippen MR) is 118 cm³/mol. The van der Waals surface area contributed by atoms with Crippen LogP contribution >= 0.6 is 0 Å². The lowest BCUT2D eigenvalue weighted by atomic mass is 10.0. The molecule has 0 saturated carbocycles. The summed E-state index contributed by atoms with van der Waals surface area (Å²) in [7, 11) is 0. The number of rotatable bonds is 13.